The Morgan fingerprint density at radius 1 is 1.14 bits per heavy atom. The fourth-order valence-electron chi connectivity index (χ4n) is 3.63. The van der Waals surface area contributed by atoms with E-state index < -0.39 is 10.0 Å². The zero-order chi connectivity index (χ0) is 20.1. The molecule has 0 N–H and O–H groups in total. The average Bonchev–Trinajstić information content (AvgIpc) is 2.68. The van der Waals surface area contributed by atoms with E-state index in [4.69, 9.17) is 0 Å². The minimum Gasteiger partial charge on any atom is -0.295 e. The van der Waals surface area contributed by atoms with E-state index in [1.165, 1.54) is 6.07 Å². The van der Waals surface area contributed by atoms with Gasteiger partial charge in [-0.15, -0.1) is 0 Å². The van der Waals surface area contributed by atoms with Crippen molar-refractivity contribution >= 4 is 15.8 Å². The molecule has 0 saturated carbocycles. The number of nitrogens with zero attached hydrogens (tertiary/aromatic N) is 2. The highest BCUT2D eigenvalue weighted by atomic mass is 32.2. The lowest BCUT2D eigenvalue weighted by Crippen LogP contribution is -2.39. The molecule has 6 heteroatoms. The van der Waals surface area contributed by atoms with Crippen molar-refractivity contribution in [2.24, 2.45) is 5.92 Å². The van der Waals surface area contributed by atoms with Gasteiger partial charge in [0.15, 0.2) is 5.78 Å². The molecule has 0 aliphatic carbocycles. The first-order valence-electron chi connectivity index (χ1n) is 9.72. The van der Waals surface area contributed by atoms with Crippen LogP contribution in [0, 0.1) is 5.92 Å². The van der Waals surface area contributed by atoms with E-state index in [0.717, 1.165) is 18.4 Å². The van der Waals surface area contributed by atoms with E-state index in [2.05, 4.69) is 6.92 Å². The van der Waals surface area contributed by atoms with Crippen LogP contribution in [-0.4, -0.2) is 50.1 Å². The van der Waals surface area contributed by atoms with E-state index in [1.54, 1.807) is 22.5 Å². The summed E-state index contributed by atoms with van der Waals surface area (Å²) < 4.78 is 27.5. The highest BCUT2D eigenvalue weighted by molar-refractivity contribution is 7.89. The van der Waals surface area contributed by atoms with Crippen LogP contribution < -0.4 is 0 Å². The lowest BCUT2D eigenvalue weighted by atomic mass is 10.0. The quantitative estimate of drug-likeness (QED) is 0.668. The summed E-state index contributed by atoms with van der Waals surface area (Å²) in [4.78, 5) is 14.8. The molecular formula is C22H28N2O3S. The van der Waals surface area contributed by atoms with Crippen LogP contribution in [-0.2, 0) is 16.6 Å². The predicted molar refractivity (Wildman–Crippen MR) is 111 cm³/mol. The van der Waals surface area contributed by atoms with Crippen LogP contribution in [0.3, 0.4) is 0 Å². The zero-order valence-corrected chi connectivity index (χ0v) is 17.4. The normalized spacial score (nSPS) is 18.3. The number of carbonyl (C=O) groups excluding carboxylic acids is 1. The van der Waals surface area contributed by atoms with Gasteiger partial charge in [0.05, 0.1) is 11.4 Å². The fraction of sp³-hybridized carbons (Fsp3) is 0.409. The van der Waals surface area contributed by atoms with E-state index in [0.29, 0.717) is 31.1 Å². The first-order chi connectivity index (χ1) is 13.4. The SMILES string of the molecule is CC1CCCN(S(=O)(=O)c2cccc(C(=O)CN(C)Cc3ccccc3)c2)C1. The van der Waals surface area contributed by atoms with Crippen molar-refractivity contribution < 1.29 is 13.2 Å². The Kier molecular flexibility index (Phi) is 6.65. The van der Waals surface area contributed by atoms with Gasteiger partial charge in [0, 0.05) is 25.2 Å². The maximum Gasteiger partial charge on any atom is 0.243 e. The number of benzene rings is 2. The predicted octanol–water partition coefficient (Wildman–Crippen LogP) is 3.42. The average molecular weight is 401 g/mol. The molecule has 0 spiro atoms. The molecular weight excluding hydrogens is 372 g/mol. The van der Waals surface area contributed by atoms with Crippen molar-refractivity contribution in [1.82, 2.24) is 9.21 Å². The lowest BCUT2D eigenvalue weighted by molar-refractivity contribution is 0.0943. The first-order valence-corrected chi connectivity index (χ1v) is 11.2. The summed E-state index contributed by atoms with van der Waals surface area (Å²) in [5, 5.41) is 0. The van der Waals surface area contributed by atoms with Crippen molar-refractivity contribution in [1.29, 1.82) is 0 Å². The maximum atomic E-state index is 13.0. The molecule has 0 radical (unpaired) electrons. The Labute approximate surface area is 168 Å². The van der Waals surface area contributed by atoms with Crippen molar-refractivity contribution in [3.63, 3.8) is 0 Å². The largest absolute Gasteiger partial charge is 0.295 e. The third-order valence-corrected chi connectivity index (χ3v) is 6.98. The van der Waals surface area contributed by atoms with Crippen molar-refractivity contribution in [3.05, 3.63) is 65.7 Å². The number of hydrogen-bond donors (Lipinski definition) is 0. The number of sulfonamides is 1. The maximum absolute atomic E-state index is 13.0. The second kappa shape index (κ2) is 8.99. The molecule has 1 aliphatic rings. The molecule has 0 aromatic heterocycles. The van der Waals surface area contributed by atoms with Gasteiger partial charge in [-0.1, -0.05) is 49.4 Å². The van der Waals surface area contributed by atoms with Crippen LogP contribution in [0.5, 0.6) is 0 Å². The Morgan fingerprint density at radius 3 is 2.61 bits per heavy atom. The summed E-state index contributed by atoms with van der Waals surface area (Å²) in [6.07, 6.45) is 1.93. The van der Waals surface area contributed by atoms with Crippen molar-refractivity contribution in [3.8, 4) is 0 Å². The molecule has 28 heavy (non-hydrogen) atoms. The minimum atomic E-state index is -3.56. The van der Waals surface area contributed by atoms with Gasteiger partial charge in [0.1, 0.15) is 0 Å². The number of piperidine rings is 1. The molecule has 0 amide bonds. The number of ketones is 1. The Bertz CT molecular complexity index is 912. The summed E-state index contributed by atoms with van der Waals surface area (Å²) >= 11 is 0. The van der Waals surface area contributed by atoms with Gasteiger partial charge in [-0.2, -0.15) is 4.31 Å². The van der Waals surface area contributed by atoms with Gasteiger partial charge >= 0.3 is 0 Å². The topological polar surface area (TPSA) is 57.7 Å². The third kappa shape index (κ3) is 5.07. The molecule has 1 heterocycles. The zero-order valence-electron chi connectivity index (χ0n) is 16.5. The molecule has 1 saturated heterocycles. The van der Waals surface area contributed by atoms with Crippen molar-refractivity contribution in [2.45, 2.75) is 31.2 Å². The second-order valence-electron chi connectivity index (χ2n) is 7.72. The molecule has 5 nitrogen and oxygen atoms in total. The van der Waals surface area contributed by atoms with E-state index in [-0.39, 0.29) is 17.2 Å². The molecule has 1 atom stereocenters. The number of hydrogen-bond acceptors (Lipinski definition) is 4. The number of likely N-dealkylation sites (N-methyl/N-ethyl adjacent to an activating group) is 1. The number of rotatable bonds is 7. The number of carbonyl (C=O) groups is 1. The molecule has 2 aromatic carbocycles. The minimum absolute atomic E-state index is 0.0810. The summed E-state index contributed by atoms with van der Waals surface area (Å²) in [6, 6.07) is 16.4. The van der Waals surface area contributed by atoms with Crippen LogP contribution in [0.25, 0.3) is 0 Å². The van der Waals surface area contributed by atoms with E-state index >= 15 is 0 Å². The van der Waals surface area contributed by atoms with Gasteiger partial charge < -0.3 is 0 Å². The molecule has 0 bridgehead atoms. The summed E-state index contributed by atoms with van der Waals surface area (Å²) in [7, 11) is -1.67. The van der Waals surface area contributed by atoms with Gasteiger partial charge in [-0.3, -0.25) is 9.69 Å². The standard InChI is InChI=1S/C22H28N2O3S/c1-18-8-7-13-24(15-18)28(26,27)21-12-6-11-20(14-21)22(25)17-23(2)16-19-9-4-3-5-10-19/h3-6,9-12,14,18H,7-8,13,15-17H2,1-2H3. The smallest absolute Gasteiger partial charge is 0.243 e. The van der Waals surface area contributed by atoms with E-state index in [9.17, 15) is 13.2 Å². The van der Waals surface area contributed by atoms with Crippen LogP contribution >= 0.6 is 0 Å². The molecule has 1 fully saturated rings. The van der Waals surface area contributed by atoms with Crippen LogP contribution in [0.4, 0.5) is 0 Å². The monoisotopic (exact) mass is 400 g/mol. The third-order valence-electron chi connectivity index (χ3n) is 5.12. The van der Waals surface area contributed by atoms with Gasteiger partial charge in [-0.05, 0) is 43.5 Å². The first kappa shape index (κ1) is 20.7. The molecule has 150 valence electrons. The van der Waals surface area contributed by atoms with Gasteiger partial charge in [-0.25, -0.2) is 8.42 Å². The lowest BCUT2D eigenvalue weighted by Gasteiger charge is -2.30. The Balaban J connectivity index is 1.70. The Morgan fingerprint density at radius 2 is 1.89 bits per heavy atom. The molecule has 3 rings (SSSR count). The molecule has 2 aromatic rings. The molecule has 1 aliphatic heterocycles. The van der Waals surface area contributed by atoms with Crippen molar-refractivity contribution in [2.75, 3.05) is 26.7 Å². The summed E-state index contributed by atoms with van der Waals surface area (Å²) in [5.41, 5.74) is 1.57. The summed E-state index contributed by atoms with van der Waals surface area (Å²) in [6.45, 7) is 4.06. The highest BCUT2D eigenvalue weighted by Gasteiger charge is 2.29. The second-order valence-corrected chi connectivity index (χ2v) is 9.66. The van der Waals surface area contributed by atoms with Gasteiger partial charge in [0.25, 0.3) is 0 Å². The number of Topliss-reactive ketones (excluding diaryl/α,β-unsaturated/α-hetero) is 1. The Hall–Kier alpha value is -2.02. The van der Waals surface area contributed by atoms with Crippen LogP contribution in [0.1, 0.15) is 35.7 Å². The fourth-order valence-corrected chi connectivity index (χ4v) is 5.28. The highest BCUT2D eigenvalue weighted by Crippen LogP contribution is 2.24. The van der Waals surface area contributed by atoms with Crippen LogP contribution in [0.2, 0.25) is 0 Å². The van der Waals surface area contributed by atoms with Crippen LogP contribution in [0.15, 0.2) is 59.5 Å². The van der Waals surface area contributed by atoms with Gasteiger partial charge in [0.2, 0.25) is 10.0 Å². The molecule has 1 unspecified atom stereocenters. The van der Waals surface area contributed by atoms with E-state index in [1.807, 2.05) is 42.3 Å². The summed E-state index contributed by atoms with van der Waals surface area (Å²) in [5.74, 6) is 0.280.